The van der Waals surface area contributed by atoms with Crippen molar-refractivity contribution < 1.29 is 4.79 Å². The van der Waals surface area contributed by atoms with Crippen LogP contribution in [0.15, 0.2) is 18.3 Å². The van der Waals surface area contributed by atoms with Crippen molar-refractivity contribution in [2.75, 3.05) is 0 Å². The van der Waals surface area contributed by atoms with Crippen LogP contribution in [0.2, 0.25) is 5.15 Å². The number of imidazole rings is 1. The van der Waals surface area contributed by atoms with Crippen LogP contribution >= 0.6 is 11.6 Å². The summed E-state index contributed by atoms with van der Waals surface area (Å²) < 4.78 is 1.93. The first-order valence-corrected chi connectivity index (χ1v) is 5.44. The largest absolute Gasteiger partial charge is 0.302 e. The monoisotopic (exact) mass is 236 g/mol. The minimum absolute atomic E-state index is 0.0846. The van der Waals surface area contributed by atoms with E-state index in [4.69, 9.17) is 11.6 Å². The smallest absolute Gasteiger partial charge is 0.155 e. The van der Waals surface area contributed by atoms with Crippen LogP contribution in [0, 0.1) is 0 Å². The molecule has 84 valence electrons. The Kier molecular flexibility index (Phi) is 2.50. The average Bonchev–Trinajstić information content (AvgIpc) is 2.55. The Hall–Kier alpha value is -1.35. The molecule has 0 aromatic carbocycles. The van der Waals surface area contributed by atoms with Gasteiger partial charge in [-0.3, -0.25) is 4.79 Å². The molecule has 0 amide bonds. The van der Waals surface area contributed by atoms with Gasteiger partial charge >= 0.3 is 0 Å². The number of aldehydes is 1. The molecule has 0 spiro atoms. The molecular weight excluding hydrogens is 224 g/mol. The lowest BCUT2D eigenvalue weighted by molar-refractivity contribution is 0.112. The summed E-state index contributed by atoms with van der Waals surface area (Å²) in [5.74, 6) is 0.893. The number of hydrogen-bond donors (Lipinski definition) is 0. The summed E-state index contributed by atoms with van der Waals surface area (Å²) in [5.41, 5.74) is 1.30. The van der Waals surface area contributed by atoms with Crippen molar-refractivity contribution in [3.05, 3.63) is 34.9 Å². The topological polar surface area (TPSA) is 34.4 Å². The SMILES string of the molecule is CC(C)(C)c1nc(Cl)c2cc(C=O)ccn12. The molecule has 3 nitrogen and oxygen atoms in total. The molecule has 0 unspecified atom stereocenters. The first-order valence-electron chi connectivity index (χ1n) is 5.07. The normalized spacial score (nSPS) is 12.0. The zero-order valence-corrected chi connectivity index (χ0v) is 10.2. The summed E-state index contributed by atoms with van der Waals surface area (Å²) in [6.45, 7) is 6.23. The Balaban J connectivity index is 2.77. The van der Waals surface area contributed by atoms with Gasteiger partial charge in [0.15, 0.2) is 5.15 Å². The van der Waals surface area contributed by atoms with E-state index in [9.17, 15) is 4.79 Å². The van der Waals surface area contributed by atoms with Crippen LogP contribution in [0.25, 0.3) is 5.52 Å². The number of rotatable bonds is 1. The minimum atomic E-state index is -0.0846. The fraction of sp³-hybridized carbons (Fsp3) is 0.333. The highest BCUT2D eigenvalue weighted by Crippen LogP contribution is 2.27. The summed E-state index contributed by atoms with van der Waals surface area (Å²) in [7, 11) is 0. The van der Waals surface area contributed by atoms with E-state index in [1.165, 1.54) is 0 Å². The standard InChI is InChI=1S/C12H13ClN2O/c1-12(2,3)11-14-10(13)9-6-8(7-16)4-5-15(9)11/h4-7H,1-3H3. The Morgan fingerprint density at radius 1 is 1.44 bits per heavy atom. The Morgan fingerprint density at radius 2 is 2.12 bits per heavy atom. The zero-order valence-electron chi connectivity index (χ0n) is 9.49. The summed E-state index contributed by atoms with van der Waals surface area (Å²) in [6, 6.07) is 3.50. The fourth-order valence-corrected chi connectivity index (χ4v) is 1.89. The van der Waals surface area contributed by atoms with Crippen LogP contribution in [-0.4, -0.2) is 15.7 Å². The predicted molar refractivity (Wildman–Crippen MR) is 64.3 cm³/mol. The van der Waals surface area contributed by atoms with E-state index in [0.717, 1.165) is 17.6 Å². The number of nitrogens with zero attached hydrogens (tertiary/aromatic N) is 2. The van der Waals surface area contributed by atoms with Crippen LogP contribution in [0.4, 0.5) is 0 Å². The van der Waals surface area contributed by atoms with E-state index < -0.39 is 0 Å². The molecule has 0 aliphatic carbocycles. The molecule has 0 aliphatic rings. The van der Waals surface area contributed by atoms with E-state index in [1.807, 2.05) is 10.6 Å². The van der Waals surface area contributed by atoms with E-state index in [1.54, 1.807) is 12.1 Å². The molecule has 4 heteroatoms. The summed E-state index contributed by atoms with van der Waals surface area (Å²) >= 11 is 6.06. The van der Waals surface area contributed by atoms with Gasteiger partial charge in [0, 0.05) is 17.2 Å². The van der Waals surface area contributed by atoms with Crippen molar-refractivity contribution in [2.24, 2.45) is 0 Å². The van der Waals surface area contributed by atoms with E-state index in [-0.39, 0.29) is 5.41 Å². The van der Waals surface area contributed by atoms with Crippen LogP contribution in [0.1, 0.15) is 37.0 Å². The van der Waals surface area contributed by atoms with E-state index >= 15 is 0 Å². The molecule has 0 saturated carbocycles. The van der Waals surface area contributed by atoms with Crippen molar-refractivity contribution in [3.63, 3.8) is 0 Å². The number of fused-ring (bicyclic) bond motifs is 1. The molecule has 0 atom stereocenters. The van der Waals surface area contributed by atoms with Gasteiger partial charge in [0.1, 0.15) is 12.1 Å². The maximum absolute atomic E-state index is 10.7. The maximum atomic E-state index is 10.7. The molecule has 0 fully saturated rings. The molecule has 16 heavy (non-hydrogen) atoms. The van der Waals surface area contributed by atoms with Gasteiger partial charge in [0.2, 0.25) is 0 Å². The second-order valence-corrected chi connectivity index (χ2v) is 5.17. The third-order valence-corrected chi connectivity index (χ3v) is 2.71. The molecule has 0 N–H and O–H groups in total. The van der Waals surface area contributed by atoms with Crippen molar-refractivity contribution in [1.82, 2.24) is 9.38 Å². The molecule has 2 aromatic rings. The zero-order chi connectivity index (χ0) is 11.9. The van der Waals surface area contributed by atoms with Gasteiger partial charge in [0.25, 0.3) is 0 Å². The van der Waals surface area contributed by atoms with Gasteiger partial charge in [-0.1, -0.05) is 32.4 Å². The molecule has 0 bridgehead atoms. The van der Waals surface area contributed by atoms with Gasteiger partial charge in [-0.2, -0.15) is 0 Å². The lowest BCUT2D eigenvalue weighted by atomic mass is 9.96. The number of halogens is 1. The van der Waals surface area contributed by atoms with Crippen LogP contribution in [0.3, 0.4) is 0 Å². The number of hydrogen-bond acceptors (Lipinski definition) is 2. The molecule has 2 heterocycles. The Bertz CT molecular complexity index is 552. The van der Waals surface area contributed by atoms with Crippen molar-refractivity contribution >= 4 is 23.4 Å². The lowest BCUT2D eigenvalue weighted by Gasteiger charge is -2.16. The molecular formula is C12H13ClN2O. The molecule has 0 aliphatic heterocycles. The lowest BCUT2D eigenvalue weighted by Crippen LogP contribution is -2.15. The van der Waals surface area contributed by atoms with Crippen LogP contribution < -0.4 is 0 Å². The number of carbonyl (C=O) groups is 1. The quantitative estimate of drug-likeness (QED) is 0.713. The van der Waals surface area contributed by atoms with Gasteiger partial charge < -0.3 is 4.40 Å². The van der Waals surface area contributed by atoms with Crippen molar-refractivity contribution in [2.45, 2.75) is 26.2 Å². The maximum Gasteiger partial charge on any atom is 0.155 e. The first-order chi connectivity index (χ1) is 7.43. The van der Waals surface area contributed by atoms with Gasteiger partial charge in [-0.05, 0) is 12.1 Å². The third kappa shape index (κ3) is 1.71. The molecule has 0 saturated heterocycles. The highest BCUT2D eigenvalue weighted by molar-refractivity contribution is 6.32. The first kappa shape index (κ1) is 11.1. The fourth-order valence-electron chi connectivity index (χ4n) is 1.67. The van der Waals surface area contributed by atoms with Crippen molar-refractivity contribution in [1.29, 1.82) is 0 Å². The van der Waals surface area contributed by atoms with Crippen molar-refractivity contribution in [3.8, 4) is 0 Å². The number of carbonyl (C=O) groups excluding carboxylic acids is 1. The summed E-state index contributed by atoms with van der Waals surface area (Å²) in [6.07, 6.45) is 2.64. The highest BCUT2D eigenvalue weighted by Gasteiger charge is 2.21. The number of aromatic nitrogens is 2. The number of pyridine rings is 1. The Morgan fingerprint density at radius 3 is 2.69 bits per heavy atom. The van der Waals surface area contributed by atoms with Crippen LogP contribution in [0.5, 0.6) is 0 Å². The molecule has 0 radical (unpaired) electrons. The van der Waals surface area contributed by atoms with Gasteiger partial charge in [-0.15, -0.1) is 0 Å². The highest BCUT2D eigenvalue weighted by atomic mass is 35.5. The Labute approximate surface area is 99.1 Å². The predicted octanol–water partition coefficient (Wildman–Crippen LogP) is 3.10. The minimum Gasteiger partial charge on any atom is -0.302 e. The third-order valence-electron chi connectivity index (χ3n) is 2.43. The molecule has 2 aromatic heterocycles. The second kappa shape index (κ2) is 3.59. The second-order valence-electron chi connectivity index (χ2n) is 4.81. The van der Waals surface area contributed by atoms with E-state index in [0.29, 0.717) is 10.7 Å². The van der Waals surface area contributed by atoms with E-state index in [2.05, 4.69) is 25.8 Å². The summed E-state index contributed by atoms with van der Waals surface area (Å²) in [4.78, 5) is 15.0. The van der Waals surface area contributed by atoms with Gasteiger partial charge in [0.05, 0.1) is 5.52 Å². The van der Waals surface area contributed by atoms with Gasteiger partial charge in [-0.25, -0.2) is 4.98 Å². The van der Waals surface area contributed by atoms with Crippen LogP contribution in [-0.2, 0) is 5.41 Å². The molecule has 2 rings (SSSR count). The summed E-state index contributed by atoms with van der Waals surface area (Å²) in [5, 5.41) is 0.439. The average molecular weight is 237 g/mol.